The summed E-state index contributed by atoms with van der Waals surface area (Å²) in [6.45, 7) is 2.24. The highest BCUT2D eigenvalue weighted by atomic mass is 19.1. The summed E-state index contributed by atoms with van der Waals surface area (Å²) >= 11 is 0. The van der Waals surface area contributed by atoms with E-state index >= 15 is 0 Å². The lowest BCUT2D eigenvalue weighted by Crippen LogP contribution is -2.25. The molecule has 0 fully saturated rings. The first-order valence-electron chi connectivity index (χ1n) is 6.63. The number of hydrogen-bond donors (Lipinski definition) is 1. The molecule has 21 heavy (non-hydrogen) atoms. The van der Waals surface area contributed by atoms with Crippen LogP contribution >= 0.6 is 0 Å². The number of aromatic nitrogens is 2. The number of aliphatic hydroxyl groups is 1. The van der Waals surface area contributed by atoms with Crippen LogP contribution < -0.4 is 0 Å². The third-order valence-electron chi connectivity index (χ3n) is 3.05. The molecule has 2 rings (SSSR count). The van der Waals surface area contributed by atoms with Gasteiger partial charge in [0.2, 0.25) is 5.89 Å². The molecule has 5 nitrogen and oxygen atoms in total. The van der Waals surface area contributed by atoms with E-state index in [-0.39, 0.29) is 12.1 Å². The number of rotatable bonds is 6. The highest BCUT2D eigenvalue weighted by Crippen LogP contribution is 2.21. The van der Waals surface area contributed by atoms with Gasteiger partial charge in [0.25, 0.3) is 0 Å². The van der Waals surface area contributed by atoms with Crippen molar-refractivity contribution in [1.82, 2.24) is 15.0 Å². The maximum Gasteiger partial charge on any atom is 0.240 e. The van der Waals surface area contributed by atoms with Crippen molar-refractivity contribution < 1.29 is 18.4 Å². The molecule has 0 radical (unpaired) electrons. The van der Waals surface area contributed by atoms with Crippen LogP contribution in [0.1, 0.15) is 30.3 Å². The average Bonchev–Trinajstić information content (AvgIpc) is 2.85. The van der Waals surface area contributed by atoms with Crippen molar-refractivity contribution in [2.75, 3.05) is 13.6 Å². The van der Waals surface area contributed by atoms with Crippen molar-refractivity contribution in [3.8, 4) is 0 Å². The van der Waals surface area contributed by atoms with Gasteiger partial charge in [-0.3, -0.25) is 4.90 Å². The SMILES string of the molecule is CCc1noc(CN(C)CC(O)c2c(F)cccc2F)n1. The van der Waals surface area contributed by atoms with Crippen molar-refractivity contribution in [3.63, 3.8) is 0 Å². The molecule has 0 amide bonds. The van der Waals surface area contributed by atoms with Gasteiger partial charge in [0.05, 0.1) is 18.2 Å². The van der Waals surface area contributed by atoms with Crippen LogP contribution in [0.2, 0.25) is 0 Å². The predicted molar refractivity (Wildman–Crippen MR) is 71.3 cm³/mol. The Hall–Kier alpha value is -1.86. The summed E-state index contributed by atoms with van der Waals surface area (Å²) in [4.78, 5) is 5.79. The number of likely N-dealkylation sites (N-methyl/N-ethyl adjacent to an activating group) is 1. The summed E-state index contributed by atoms with van der Waals surface area (Å²) in [5.74, 6) is -0.529. The largest absolute Gasteiger partial charge is 0.387 e. The van der Waals surface area contributed by atoms with Gasteiger partial charge in [-0.1, -0.05) is 18.1 Å². The van der Waals surface area contributed by atoms with Crippen LogP contribution in [0.5, 0.6) is 0 Å². The lowest BCUT2D eigenvalue weighted by molar-refractivity contribution is 0.111. The fraction of sp³-hybridized carbons (Fsp3) is 0.429. The zero-order valence-electron chi connectivity index (χ0n) is 11.9. The van der Waals surface area contributed by atoms with Crippen LogP contribution in [0.4, 0.5) is 8.78 Å². The summed E-state index contributed by atoms with van der Waals surface area (Å²) in [7, 11) is 1.69. The van der Waals surface area contributed by atoms with E-state index in [1.807, 2.05) is 6.92 Å². The fourth-order valence-electron chi connectivity index (χ4n) is 2.01. The second kappa shape index (κ2) is 6.73. The van der Waals surface area contributed by atoms with Gasteiger partial charge in [0.15, 0.2) is 5.82 Å². The van der Waals surface area contributed by atoms with Gasteiger partial charge in [-0.15, -0.1) is 0 Å². The van der Waals surface area contributed by atoms with Gasteiger partial charge in [0, 0.05) is 13.0 Å². The summed E-state index contributed by atoms with van der Waals surface area (Å²) < 4.78 is 32.2. The zero-order chi connectivity index (χ0) is 15.4. The molecule has 0 saturated heterocycles. The van der Waals surface area contributed by atoms with Gasteiger partial charge in [0.1, 0.15) is 11.6 Å². The lowest BCUT2D eigenvalue weighted by Gasteiger charge is -2.19. The van der Waals surface area contributed by atoms with Crippen LogP contribution in [-0.2, 0) is 13.0 Å². The molecule has 2 aromatic rings. The monoisotopic (exact) mass is 297 g/mol. The van der Waals surface area contributed by atoms with Crippen LogP contribution in [-0.4, -0.2) is 33.7 Å². The predicted octanol–water partition coefficient (Wildman–Crippen LogP) is 2.08. The van der Waals surface area contributed by atoms with Crippen molar-refractivity contribution in [2.24, 2.45) is 0 Å². The molecule has 1 aromatic heterocycles. The summed E-state index contributed by atoms with van der Waals surface area (Å²) in [6.07, 6.45) is -0.610. The first kappa shape index (κ1) is 15.5. The third kappa shape index (κ3) is 3.83. The highest BCUT2D eigenvalue weighted by molar-refractivity contribution is 5.22. The molecule has 1 aromatic carbocycles. The van der Waals surface area contributed by atoms with Crippen molar-refractivity contribution in [3.05, 3.63) is 47.1 Å². The Kier molecular flexibility index (Phi) is 4.98. The average molecular weight is 297 g/mol. The lowest BCUT2D eigenvalue weighted by atomic mass is 10.1. The van der Waals surface area contributed by atoms with E-state index < -0.39 is 17.7 Å². The Labute approximate surface area is 121 Å². The van der Waals surface area contributed by atoms with E-state index in [0.29, 0.717) is 24.7 Å². The fourth-order valence-corrected chi connectivity index (χ4v) is 2.01. The van der Waals surface area contributed by atoms with Gasteiger partial charge in [-0.2, -0.15) is 4.98 Å². The molecule has 1 N–H and O–H groups in total. The highest BCUT2D eigenvalue weighted by Gasteiger charge is 2.20. The van der Waals surface area contributed by atoms with E-state index in [0.717, 1.165) is 12.1 Å². The Bertz CT molecular complexity index is 583. The summed E-state index contributed by atoms with van der Waals surface area (Å²) in [5, 5.41) is 13.8. The van der Waals surface area contributed by atoms with Gasteiger partial charge < -0.3 is 9.63 Å². The minimum atomic E-state index is -1.27. The molecule has 0 spiro atoms. The van der Waals surface area contributed by atoms with E-state index in [9.17, 15) is 13.9 Å². The minimum absolute atomic E-state index is 0.0433. The molecule has 7 heteroatoms. The molecule has 1 heterocycles. The maximum atomic E-state index is 13.6. The van der Waals surface area contributed by atoms with E-state index in [1.165, 1.54) is 6.07 Å². The summed E-state index contributed by atoms with van der Waals surface area (Å²) in [5.41, 5.74) is -0.330. The molecular weight excluding hydrogens is 280 g/mol. The first-order valence-corrected chi connectivity index (χ1v) is 6.63. The minimum Gasteiger partial charge on any atom is -0.387 e. The van der Waals surface area contributed by atoms with Crippen LogP contribution in [0.25, 0.3) is 0 Å². The van der Waals surface area contributed by atoms with E-state index in [4.69, 9.17) is 4.52 Å². The van der Waals surface area contributed by atoms with Crippen LogP contribution in [0.3, 0.4) is 0 Å². The third-order valence-corrected chi connectivity index (χ3v) is 3.05. The quantitative estimate of drug-likeness (QED) is 0.884. The Balaban J connectivity index is 2.00. The van der Waals surface area contributed by atoms with Crippen molar-refractivity contribution in [2.45, 2.75) is 26.0 Å². The maximum absolute atomic E-state index is 13.6. The number of hydrogen-bond acceptors (Lipinski definition) is 5. The van der Waals surface area contributed by atoms with Crippen LogP contribution in [0.15, 0.2) is 22.7 Å². The molecule has 0 saturated carbocycles. The van der Waals surface area contributed by atoms with Crippen LogP contribution in [0, 0.1) is 11.6 Å². The van der Waals surface area contributed by atoms with Gasteiger partial charge in [-0.25, -0.2) is 8.78 Å². The van der Waals surface area contributed by atoms with Gasteiger partial charge >= 0.3 is 0 Å². The molecule has 1 unspecified atom stereocenters. The smallest absolute Gasteiger partial charge is 0.240 e. The number of aryl methyl sites for hydroxylation is 1. The van der Waals surface area contributed by atoms with E-state index in [2.05, 4.69) is 10.1 Å². The Morgan fingerprint density at radius 3 is 2.57 bits per heavy atom. The normalized spacial score (nSPS) is 12.9. The number of benzene rings is 1. The molecule has 0 aliphatic carbocycles. The second-order valence-corrected chi connectivity index (χ2v) is 4.81. The number of nitrogens with zero attached hydrogens (tertiary/aromatic N) is 3. The number of halogens is 2. The van der Waals surface area contributed by atoms with Gasteiger partial charge in [-0.05, 0) is 19.2 Å². The summed E-state index contributed by atoms with van der Waals surface area (Å²) in [6, 6.07) is 3.50. The number of aliphatic hydroxyl groups excluding tert-OH is 1. The Morgan fingerprint density at radius 2 is 2.00 bits per heavy atom. The topological polar surface area (TPSA) is 62.4 Å². The van der Waals surface area contributed by atoms with Crippen molar-refractivity contribution in [1.29, 1.82) is 0 Å². The molecular formula is C14H17F2N3O2. The molecule has 0 aliphatic rings. The Morgan fingerprint density at radius 1 is 1.33 bits per heavy atom. The molecule has 0 bridgehead atoms. The molecule has 114 valence electrons. The zero-order valence-corrected chi connectivity index (χ0v) is 11.9. The van der Waals surface area contributed by atoms with E-state index in [1.54, 1.807) is 11.9 Å². The molecule has 0 aliphatic heterocycles. The molecule has 1 atom stereocenters. The second-order valence-electron chi connectivity index (χ2n) is 4.81. The first-order chi connectivity index (χ1) is 10.0. The standard InChI is InChI=1S/C14H17F2N3O2/c1-3-12-17-13(21-18-12)8-19(2)7-11(20)14-9(15)5-4-6-10(14)16/h4-6,11,20H,3,7-8H2,1-2H3. The van der Waals surface area contributed by atoms with Crippen molar-refractivity contribution >= 4 is 0 Å².